The van der Waals surface area contributed by atoms with Crippen molar-refractivity contribution in [3.8, 4) is 0 Å². The van der Waals surface area contributed by atoms with E-state index in [1.165, 1.54) is 26.4 Å². The Labute approximate surface area is 239 Å². The van der Waals surface area contributed by atoms with Crippen LogP contribution >= 0.6 is 31.9 Å². The first-order valence-electron chi connectivity index (χ1n) is 9.47. The Hall–Kier alpha value is -0.560. The molecule has 0 fully saturated rings. The molecule has 0 amide bonds. The Morgan fingerprint density at radius 2 is 1.15 bits per heavy atom. The van der Waals surface area contributed by atoms with E-state index in [0.29, 0.717) is 46.1 Å². The number of ether oxygens (including phenoxy) is 2. The maximum atomic E-state index is 10.9. The fourth-order valence-electron chi connectivity index (χ4n) is 2.76. The molecule has 0 saturated carbocycles. The third-order valence-electron chi connectivity index (χ3n) is 4.38. The van der Waals surface area contributed by atoms with E-state index in [9.17, 15) is 30.0 Å². The molecule has 11 heteroatoms. The molecule has 176 valence electrons. The predicted molar refractivity (Wildman–Crippen MR) is 126 cm³/mol. The smallest absolute Gasteiger partial charge is 0.545 e. The normalized spacial score (nSPS) is 12.1. The largest absolute Gasteiger partial charge is 2.00 e. The van der Waals surface area contributed by atoms with Crippen molar-refractivity contribution < 1.29 is 39.5 Å². The SMILES string of the molecule is COCCC(O)c1ccc(Br)cc1C(=O)[O-].COCCC(O)c1ccc(Br)cc1C(=O)[O-].[Ca+2]. The molecule has 2 atom stereocenters. The molecule has 0 saturated heterocycles. The number of carbonyl (C=O) groups excluding carboxylic acids is 2. The Morgan fingerprint density at radius 3 is 1.42 bits per heavy atom. The maximum absolute atomic E-state index is 10.9. The zero-order valence-electron chi connectivity index (χ0n) is 18.3. The van der Waals surface area contributed by atoms with Gasteiger partial charge in [-0.2, -0.15) is 0 Å². The molecule has 0 spiro atoms. The molecule has 2 aromatic rings. The molecule has 0 heterocycles. The number of halogens is 2. The Bertz CT molecular complexity index is 836. The van der Waals surface area contributed by atoms with Gasteiger partial charge in [-0.15, -0.1) is 0 Å². The molecule has 8 nitrogen and oxygen atoms in total. The van der Waals surface area contributed by atoms with Crippen LogP contribution in [0.3, 0.4) is 0 Å². The molecular weight excluding hydrogens is 592 g/mol. The topological polar surface area (TPSA) is 139 Å². The van der Waals surface area contributed by atoms with Crippen LogP contribution in [0.4, 0.5) is 0 Å². The van der Waals surface area contributed by atoms with Crippen molar-refractivity contribution in [2.45, 2.75) is 25.0 Å². The van der Waals surface area contributed by atoms with Crippen LogP contribution in [-0.2, 0) is 9.47 Å². The van der Waals surface area contributed by atoms with Gasteiger partial charge in [0.25, 0.3) is 0 Å². The molecule has 2 N–H and O–H groups in total. The summed E-state index contributed by atoms with van der Waals surface area (Å²) in [6.07, 6.45) is -1.03. The van der Waals surface area contributed by atoms with Gasteiger partial charge >= 0.3 is 37.7 Å². The summed E-state index contributed by atoms with van der Waals surface area (Å²) in [6, 6.07) is 9.32. The summed E-state index contributed by atoms with van der Waals surface area (Å²) in [5, 5.41) is 41.3. The number of methoxy groups -OCH3 is 2. The number of rotatable bonds is 10. The van der Waals surface area contributed by atoms with Gasteiger partial charge in [0.15, 0.2) is 0 Å². The van der Waals surface area contributed by atoms with Crippen molar-refractivity contribution >= 4 is 81.5 Å². The van der Waals surface area contributed by atoms with Crippen LogP contribution in [0.25, 0.3) is 0 Å². The van der Waals surface area contributed by atoms with Crippen LogP contribution in [0.1, 0.15) is 56.9 Å². The van der Waals surface area contributed by atoms with Crippen LogP contribution in [0, 0.1) is 0 Å². The third kappa shape index (κ3) is 11.1. The number of benzene rings is 2. The summed E-state index contributed by atoms with van der Waals surface area (Å²) in [7, 11) is 3.04. The van der Waals surface area contributed by atoms with Gasteiger partial charge in [0.1, 0.15) is 0 Å². The number of aliphatic hydroxyl groups excluding tert-OH is 2. The summed E-state index contributed by atoms with van der Waals surface area (Å²) in [6.45, 7) is 0.730. The van der Waals surface area contributed by atoms with Crippen molar-refractivity contribution in [3.63, 3.8) is 0 Å². The second-order valence-corrected chi connectivity index (χ2v) is 8.46. The van der Waals surface area contributed by atoms with Crippen LogP contribution < -0.4 is 10.2 Å². The van der Waals surface area contributed by atoms with Crippen molar-refractivity contribution in [3.05, 3.63) is 67.6 Å². The van der Waals surface area contributed by atoms with Gasteiger partial charge in [0.2, 0.25) is 0 Å². The van der Waals surface area contributed by atoms with Crippen LogP contribution in [0.2, 0.25) is 0 Å². The Balaban J connectivity index is 0.000000602. The minimum Gasteiger partial charge on any atom is -0.545 e. The monoisotopic (exact) mass is 614 g/mol. The predicted octanol–water partition coefficient (Wildman–Crippen LogP) is 1.38. The minimum absolute atomic E-state index is 0. The van der Waals surface area contributed by atoms with E-state index in [4.69, 9.17) is 9.47 Å². The van der Waals surface area contributed by atoms with E-state index >= 15 is 0 Å². The molecular formula is C22H24Br2CaO8. The average Bonchev–Trinajstić information content (AvgIpc) is 2.75. The molecule has 0 aliphatic heterocycles. The number of aromatic carboxylic acids is 2. The van der Waals surface area contributed by atoms with Gasteiger partial charge in [-0.25, -0.2) is 0 Å². The van der Waals surface area contributed by atoms with E-state index in [2.05, 4.69) is 31.9 Å². The minimum atomic E-state index is -1.30. The van der Waals surface area contributed by atoms with E-state index < -0.39 is 24.1 Å². The number of carboxylic acids is 2. The van der Waals surface area contributed by atoms with Gasteiger partial charge in [-0.3, -0.25) is 0 Å². The molecule has 0 aliphatic rings. The van der Waals surface area contributed by atoms with Gasteiger partial charge in [0.05, 0.1) is 24.1 Å². The molecule has 0 aliphatic carbocycles. The summed E-state index contributed by atoms with van der Waals surface area (Å²) in [4.78, 5) is 21.8. The molecule has 2 rings (SSSR count). The van der Waals surface area contributed by atoms with E-state index in [1.54, 1.807) is 24.3 Å². The molecule has 2 unspecified atom stereocenters. The maximum Gasteiger partial charge on any atom is 2.00 e. The average molecular weight is 616 g/mol. The van der Waals surface area contributed by atoms with E-state index in [0.717, 1.165) is 0 Å². The number of carbonyl (C=O) groups is 2. The zero-order valence-corrected chi connectivity index (χ0v) is 23.6. The molecule has 0 bridgehead atoms. The van der Waals surface area contributed by atoms with E-state index in [1.807, 2.05) is 0 Å². The second kappa shape index (κ2) is 17.0. The van der Waals surface area contributed by atoms with Gasteiger partial charge in [0, 0.05) is 60.3 Å². The summed E-state index contributed by atoms with van der Waals surface area (Å²) >= 11 is 6.34. The van der Waals surface area contributed by atoms with Crippen molar-refractivity contribution in [1.29, 1.82) is 0 Å². The van der Waals surface area contributed by atoms with Gasteiger partial charge in [-0.05, 0) is 35.4 Å². The van der Waals surface area contributed by atoms with Crippen molar-refractivity contribution in [2.75, 3.05) is 27.4 Å². The fourth-order valence-corrected chi connectivity index (χ4v) is 3.48. The first-order valence-corrected chi connectivity index (χ1v) is 11.1. The number of hydrogen-bond acceptors (Lipinski definition) is 8. The summed E-state index contributed by atoms with van der Waals surface area (Å²) < 4.78 is 10.9. The van der Waals surface area contributed by atoms with Gasteiger partial charge in [-0.1, -0.05) is 44.0 Å². The Kier molecular flexibility index (Phi) is 16.7. The number of aliphatic hydroxyl groups is 2. The molecule has 2 aromatic carbocycles. The number of hydrogen-bond donors (Lipinski definition) is 2. The zero-order chi connectivity index (χ0) is 24.3. The van der Waals surface area contributed by atoms with E-state index in [-0.39, 0.29) is 48.9 Å². The first-order chi connectivity index (χ1) is 15.1. The molecule has 0 radical (unpaired) electrons. The van der Waals surface area contributed by atoms with Crippen molar-refractivity contribution in [1.82, 2.24) is 0 Å². The second-order valence-electron chi connectivity index (χ2n) is 6.63. The van der Waals surface area contributed by atoms with Crippen LogP contribution in [0.5, 0.6) is 0 Å². The van der Waals surface area contributed by atoms with Crippen LogP contribution in [0.15, 0.2) is 45.3 Å². The summed E-state index contributed by atoms with van der Waals surface area (Å²) in [5.74, 6) is -2.60. The molecule has 0 aromatic heterocycles. The van der Waals surface area contributed by atoms with Crippen molar-refractivity contribution in [2.24, 2.45) is 0 Å². The first kappa shape index (κ1) is 32.4. The fraction of sp³-hybridized carbons (Fsp3) is 0.364. The molecule has 33 heavy (non-hydrogen) atoms. The van der Waals surface area contributed by atoms with Crippen LogP contribution in [-0.4, -0.2) is 87.3 Å². The standard InChI is InChI=1S/2C11H13BrO4.Ca/c2*1-16-5-4-10(13)8-3-2-7(12)6-9(8)11(14)15;/h2*2-3,6,10,13H,4-5H2,1H3,(H,14,15);/q;;+2/p-2. The quantitative estimate of drug-likeness (QED) is 0.382. The summed E-state index contributed by atoms with van der Waals surface area (Å²) in [5.41, 5.74) is 0.691. The third-order valence-corrected chi connectivity index (χ3v) is 5.37. The van der Waals surface area contributed by atoms with Gasteiger partial charge < -0.3 is 39.5 Å². The Morgan fingerprint density at radius 1 is 0.818 bits per heavy atom. The number of carboxylic acid groups (broad SMARTS) is 2.